The van der Waals surface area contributed by atoms with E-state index in [0.717, 1.165) is 0 Å². The van der Waals surface area contributed by atoms with E-state index < -0.39 is 0 Å². The highest BCUT2D eigenvalue weighted by Crippen LogP contribution is 2.51. The Hall–Kier alpha value is 0.290. The summed E-state index contributed by atoms with van der Waals surface area (Å²) in [5.41, 5.74) is 0.885. The van der Waals surface area contributed by atoms with Crippen molar-refractivity contribution in [1.29, 1.82) is 0 Å². The Bertz CT molecular complexity index is 145. The Morgan fingerprint density at radius 3 is 2.09 bits per heavy atom. The van der Waals surface area contributed by atoms with Gasteiger partial charge in [0.25, 0.3) is 0 Å². The van der Waals surface area contributed by atoms with Crippen molar-refractivity contribution in [2.75, 3.05) is 0 Å². The Labute approximate surface area is 75.3 Å². The van der Waals surface area contributed by atoms with Crippen LogP contribution in [0.5, 0.6) is 0 Å². The van der Waals surface area contributed by atoms with Gasteiger partial charge in [0.15, 0.2) is 0 Å². The molecule has 0 aromatic carbocycles. The van der Waals surface area contributed by atoms with Crippen LogP contribution in [0.3, 0.4) is 0 Å². The zero-order chi connectivity index (χ0) is 8.70. The summed E-state index contributed by atoms with van der Waals surface area (Å²) in [6.45, 7) is 9.33. The minimum atomic E-state index is 0.413. The molecule has 1 fully saturated rings. The fourth-order valence-electron chi connectivity index (χ4n) is 1.85. The molecule has 0 amide bonds. The summed E-state index contributed by atoms with van der Waals surface area (Å²) in [5, 5.41) is 0.430. The van der Waals surface area contributed by atoms with E-state index in [4.69, 9.17) is 11.6 Å². The lowest BCUT2D eigenvalue weighted by Gasteiger charge is -2.38. The molecule has 1 rings (SSSR count). The van der Waals surface area contributed by atoms with Crippen molar-refractivity contribution < 1.29 is 0 Å². The molecule has 2 atom stereocenters. The minimum Gasteiger partial charge on any atom is -0.123 e. The first kappa shape index (κ1) is 9.38. The molecule has 1 saturated carbocycles. The number of alkyl halides is 1. The normalized spacial score (nSPS) is 39.5. The monoisotopic (exact) mass is 174 g/mol. The van der Waals surface area contributed by atoms with Crippen molar-refractivity contribution in [3.8, 4) is 0 Å². The second-order valence-electron chi connectivity index (χ2n) is 5.15. The predicted molar refractivity (Wildman–Crippen MR) is 51.1 cm³/mol. The van der Waals surface area contributed by atoms with Crippen LogP contribution >= 0.6 is 11.6 Å². The van der Waals surface area contributed by atoms with Gasteiger partial charge in [-0.2, -0.15) is 0 Å². The minimum absolute atomic E-state index is 0.413. The molecule has 0 bridgehead atoms. The molecule has 0 aliphatic heterocycles. The van der Waals surface area contributed by atoms with E-state index in [-0.39, 0.29) is 0 Å². The van der Waals surface area contributed by atoms with E-state index in [2.05, 4.69) is 27.7 Å². The molecule has 0 nitrogen and oxygen atoms in total. The van der Waals surface area contributed by atoms with Crippen LogP contribution in [0.4, 0.5) is 0 Å². The summed E-state index contributed by atoms with van der Waals surface area (Å²) in [5.74, 6) is 0. The Balaban J connectivity index is 2.69. The maximum Gasteiger partial charge on any atom is 0.0341 e. The highest BCUT2D eigenvalue weighted by molar-refractivity contribution is 6.20. The summed E-state index contributed by atoms with van der Waals surface area (Å²) < 4.78 is 0. The molecule has 0 N–H and O–H groups in total. The SMILES string of the molecule is CC(C)(C)C1(C)CCC(Cl)C1. The third kappa shape index (κ3) is 1.72. The van der Waals surface area contributed by atoms with Crippen molar-refractivity contribution in [2.45, 2.75) is 52.3 Å². The summed E-state index contributed by atoms with van der Waals surface area (Å²) in [7, 11) is 0. The van der Waals surface area contributed by atoms with Gasteiger partial charge >= 0.3 is 0 Å². The highest BCUT2D eigenvalue weighted by atomic mass is 35.5. The summed E-state index contributed by atoms with van der Waals surface area (Å²) in [6, 6.07) is 0. The average Bonchev–Trinajstić information content (AvgIpc) is 2.10. The van der Waals surface area contributed by atoms with Gasteiger partial charge in [-0.25, -0.2) is 0 Å². The first-order valence-corrected chi connectivity index (χ1v) is 4.93. The molecule has 2 unspecified atom stereocenters. The van der Waals surface area contributed by atoms with Crippen molar-refractivity contribution in [3.63, 3.8) is 0 Å². The fraction of sp³-hybridized carbons (Fsp3) is 1.00. The van der Waals surface area contributed by atoms with Crippen LogP contribution in [0.25, 0.3) is 0 Å². The van der Waals surface area contributed by atoms with Crippen molar-refractivity contribution in [3.05, 3.63) is 0 Å². The van der Waals surface area contributed by atoms with E-state index in [1.807, 2.05) is 0 Å². The van der Waals surface area contributed by atoms with Gasteiger partial charge < -0.3 is 0 Å². The average molecular weight is 175 g/mol. The summed E-state index contributed by atoms with van der Waals surface area (Å²) in [6.07, 6.45) is 3.69. The van der Waals surface area contributed by atoms with E-state index in [9.17, 15) is 0 Å². The van der Waals surface area contributed by atoms with Gasteiger partial charge in [0, 0.05) is 5.38 Å². The topological polar surface area (TPSA) is 0 Å². The molecule has 0 heterocycles. The Kier molecular flexibility index (Phi) is 2.26. The molecule has 1 aliphatic carbocycles. The van der Waals surface area contributed by atoms with E-state index in [1.165, 1.54) is 19.3 Å². The van der Waals surface area contributed by atoms with Crippen LogP contribution in [0, 0.1) is 10.8 Å². The fourth-order valence-corrected chi connectivity index (χ4v) is 2.30. The van der Waals surface area contributed by atoms with Crippen LogP contribution in [0.2, 0.25) is 0 Å². The van der Waals surface area contributed by atoms with Crippen molar-refractivity contribution in [2.24, 2.45) is 10.8 Å². The van der Waals surface area contributed by atoms with Crippen LogP contribution in [-0.4, -0.2) is 5.38 Å². The lowest BCUT2D eigenvalue weighted by molar-refractivity contribution is 0.117. The molecule has 11 heavy (non-hydrogen) atoms. The standard InChI is InChI=1S/C10H19Cl/c1-9(2,3)10(4)6-5-8(11)7-10/h8H,5-7H2,1-4H3. The number of hydrogen-bond donors (Lipinski definition) is 0. The van der Waals surface area contributed by atoms with E-state index in [1.54, 1.807) is 0 Å². The molecule has 66 valence electrons. The maximum absolute atomic E-state index is 6.10. The van der Waals surface area contributed by atoms with Gasteiger partial charge in [-0.3, -0.25) is 0 Å². The van der Waals surface area contributed by atoms with Gasteiger partial charge in [-0.1, -0.05) is 27.7 Å². The van der Waals surface area contributed by atoms with Gasteiger partial charge in [0.2, 0.25) is 0 Å². The third-order valence-electron chi connectivity index (χ3n) is 3.49. The third-order valence-corrected chi connectivity index (χ3v) is 3.86. The number of rotatable bonds is 0. The molecule has 0 radical (unpaired) electrons. The van der Waals surface area contributed by atoms with E-state index >= 15 is 0 Å². The second kappa shape index (κ2) is 2.65. The molecular formula is C10H19Cl. The zero-order valence-corrected chi connectivity index (χ0v) is 8.83. The van der Waals surface area contributed by atoms with Crippen LogP contribution in [0.1, 0.15) is 47.0 Å². The molecule has 0 aromatic rings. The van der Waals surface area contributed by atoms with Gasteiger partial charge in [0.1, 0.15) is 0 Å². The molecule has 0 spiro atoms. The van der Waals surface area contributed by atoms with Crippen molar-refractivity contribution in [1.82, 2.24) is 0 Å². The molecule has 1 aliphatic rings. The Morgan fingerprint density at radius 1 is 1.36 bits per heavy atom. The smallest absolute Gasteiger partial charge is 0.0341 e. The summed E-state index contributed by atoms with van der Waals surface area (Å²) >= 11 is 6.10. The lowest BCUT2D eigenvalue weighted by Crippen LogP contribution is -2.30. The molecule has 0 aromatic heterocycles. The predicted octanol–water partition coefficient (Wildman–Crippen LogP) is 3.83. The van der Waals surface area contributed by atoms with Gasteiger partial charge in [0.05, 0.1) is 0 Å². The highest BCUT2D eigenvalue weighted by Gasteiger charge is 2.42. The quantitative estimate of drug-likeness (QED) is 0.490. The molecule has 0 saturated heterocycles. The van der Waals surface area contributed by atoms with Crippen LogP contribution < -0.4 is 0 Å². The van der Waals surface area contributed by atoms with E-state index in [0.29, 0.717) is 16.2 Å². The van der Waals surface area contributed by atoms with Crippen molar-refractivity contribution >= 4 is 11.6 Å². The zero-order valence-electron chi connectivity index (χ0n) is 8.08. The first-order chi connectivity index (χ1) is 4.85. The molecular weight excluding hydrogens is 156 g/mol. The van der Waals surface area contributed by atoms with Gasteiger partial charge in [-0.15, -0.1) is 11.6 Å². The van der Waals surface area contributed by atoms with Crippen LogP contribution in [-0.2, 0) is 0 Å². The van der Waals surface area contributed by atoms with Crippen LogP contribution in [0.15, 0.2) is 0 Å². The number of hydrogen-bond acceptors (Lipinski definition) is 0. The number of halogens is 1. The Morgan fingerprint density at radius 2 is 1.91 bits per heavy atom. The summed E-state index contributed by atoms with van der Waals surface area (Å²) in [4.78, 5) is 0. The largest absolute Gasteiger partial charge is 0.123 e. The second-order valence-corrected chi connectivity index (χ2v) is 5.77. The molecule has 1 heteroatoms. The van der Waals surface area contributed by atoms with Gasteiger partial charge in [-0.05, 0) is 30.1 Å². The lowest BCUT2D eigenvalue weighted by atomic mass is 9.67. The maximum atomic E-state index is 6.10. The first-order valence-electron chi connectivity index (χ1n) is 4.49.